The van der Waals surface area contributed by atoms with E-state index in [0.717, 1.165) is 0 Å². The molecule has 0 radical (unpaired) electrons. The number of carboxylic acids is 2. The lowest BCUT2D eigenvalue weighted by atomic mass is 10.0. The number of carboxylic acid groups (broad SMARTS) is 2. The fraction of sp³-hybridized carbons (Fsp3) is 0.714. The van der Waals surface area contributed by atoms with Gasteiger partial charge in [0.05, 0.1) is 5.92 Å². The Bertz CT molecular complexity index is 165. The van der Waals surface area contributed by atoms with E-state index in [1.54, 1.807) is 0 Å². The molecule has 1 atom stereocenters. The average Bonchev–Trinajstić information content (AvgIpc) is 1.96. The standard InChI is InChI=1S/C7H12O5/c8-4-3-5(7(11)12)1-2-6(9)10/h5,8H,1-4H2,(H,9,10)(H,11,12). The van der Waals surface area contributed by atoms with E-state index >= 15 is 0 Å². The van der Waals surface area contributed by atoms with Crippen LogP contribution in [0.1, 0.15) is 19.3 Å². The lowest BCUT2D eigenvalue weighted by Crippen LogP contribution is -2.16. The van der Waals surface area contributed by atoms with Crippen LogP contribution in [0.3, 0.4) is 0 Å². The Morgan fingerprint density at radius 1 is 1.17 bits per heavy atom. The SMILES string of the molecule is O=C(O)CCC(CCO)C(=O)O. The summed E-state index contributed by atoms with van der Waals surface area (Å²) in [6.45, 7) is -0.226. The van der Waals surface area contributed by atoms with Crippen molar-refractivity contribution in [3.05, 3.63) is 0 Å². The van der Waals surface area contributed by atoms with E-state index in [9.17, 15) is 9.59 Å². The zero-order valence-electron chi connectivity index (χ0n) is 6.56. The molecule has 5 nitrogen and oxygen atoms in total. The number of hydrogen-bond donors (Lipinski definition) is 3. The molecular weight excluding hydrogens is 164 g/mol. The Morgan fingerprint density at radius 3 is 2.08 bits per heavy atom. The highest BCUT2D eigenvalue weighted by Gasteiger charge is 2.17. The molecule has 0 amide bonds. The van der Waals surface area contributed by atoms with Crippen molar-refractivity contribution < 1.29 is 24.9 Å². The van der Waals surface area contributed by atoms with E-state index in [-0.39, 0.29) is 25.9 Å². The Labute approximate surface area is 69.6 Å². The Kier molecular flexibility index (Phi) is 5.03. The second-order valence-electron chi connectivity index (χ2n) is 2.48. The molecule has 0 saturated heterocycles. The summed E-state index contributed by atoms with van der Waals surface area (Å²) in [4.78, 5) is 20.5. The molecule has 0 fully saturated rings. The molecule has 0 spiro atoms. The molecule has 0 aliphatic rings. The van der Waals surface area contributed by atoms with Gasteiger partial charge in [0.25, 0.3) is 0 Å². The summed E-state index contributed by atoms with van der Waals surface area (Å²) in [6, 6.07) is 0. The van der Waals surface area contributed by atoms with Crippen LogP contribution in [0.2, 0.25) is 0 Å². The number of aliphatic hydroxyl groups is 1. The smallest absolute Gasteiger partial charge is 0.306 e. The fourth-order valence-corrected chi connectivity index (χ4v) is 0.845. The van der Waals surface area contributed by atoms with Gasteiger partial charge in [-0.15, -0.1) is 0 Å². The predicted octanol–water partition coefficient (Wildman–Crippen LogP) is -0.0656. The van der Waals surface area contributed by atoms with Crippen LogP contribution in [-0.4, -0.2) is 33.9 Å². The molecule has 0 aromatic rings. The lowest BCUT2D eigenvalue weighted by molar-refractivity contribution is -0.143. The first-order chi connectivity index (χ1) is 5.57. The zero-order chi connectivity index (χ0) is 9.56. The summed E-state index contributed by atoms with van der Waals surface area (Å²) in [6.07, 6.45) is 0.0187. The topological polar surface area (TPSA) is 94.8 Å². The van der Waals surface area contributed by atoms with Crippen molar-refractivity contribution in [1.29, 1.82) is 0 Å². The largest absolute Gasteiger partial charge is 0.481 e. The van der Waals surface area contributed by atoms with Gasteiger partial charge in [0.15, 0.2) is 0 Å². The summed E-state index contributed by atoms with van der Waals surface area (Å²) in [5.41, 5.74) is 0. The van der Waals surface area contributed by atoms with Crippen molar-refractivity contribution in [2.45, 2.75) is 19.3 Å². The van der Waals surface area contributed by atoms with Gasteiger partial charge < -0.3 is 15.3 Å². The Hall–Kier alpha value is -1.10. The van der Waals surface area contributed by atoms with Crippen LogP contribution in [0, 0.1) is 5.92 Å². The molecule has 0 aliphatic heterocycles. The molecule has 12 heavy (non-hydrogen) atoms. The van der Waals surface area contributed by atoms with E-state index in [0.29, 0.717) is 0 Å². The monoisotopic (exact) mass is 176 g/mol. The zero-order valence-corrected chi connectivity index (χ0v) is 6.56. The molecule has 0 aromatic carbocycles. The minimum Gasteiger partial charge on any atom is -0.481 e. The van der Waals surface area contributed by atoms with E-state index in [1.165, 1.54) is 0 Å². The van der Waals surface area contributed by atoms with Crippen molar-refractivity contribution in [2.75, 3.05) is 6.61 Å². The summed E-state index contributed by atoms with van der Waals surface area (Å²) in [5.74, 6) is -2.81. The molecule has 0 aromatic heterocycles. The van der Waals surface area contributed by atoms with Gasteiger partial charge in [-0.05, 0) is 12.8 Å². The van der Waals surface area contributed by atoms with Crippen LogP contribution in [0.25, 0.3) is 0 Å². The van der Waals surface area contributed by atoms with Gasteiger partial charge in [-0.25, -0.2) is 0 Å². The van der Waals surface area contributed by atoms with E-state index in [4.69, 9.17) is 15.3 Å². The van der Waals surface area contributed by atoms with Crippen LogP contribution in [0.15, 0.2) is 0 Å². The minimum atomic E-state index is -1.05. The highest BCUT2D eigenvalue weighted by atomic mass is 16.4. The lowest BCUT2D eigenvalue weighted by Gasteiger charge is -2.07. The molecule has 0 heterocycles. The highest BCUT2D eigenvalue weighted by molar-refractivity contribution is 5.72. The molecule has 3 N–H and O–H groups in total. The number of aliphatic carboxylic acids is 2. The number of hydrogen-bond acceptors (Lipinski definition) is 3. The second-order valence-corrected chi connectivity index (χ2v) is 2.48. The van der Waals surface area contributed by atoms with E-state index in [1.807, 2.05) is 0 Å². The molecule has 5 heteroatoms. The Balaban J connectivity index is 3.79. The first kappa shape index (κ1) is 10.9. The van der Waals surface area contributed by atoms with Crippen molar-refractivity contribution in [2.24, 2.45) is 5.92 Å². The molecule has 0 rings (SSSR count). The number of rotatable bonds is 6. The summed E-state index contributed by atoms with van der Waals surface area (Å²) in [7, 11) is 0. The number of carbonyl (C=O) groups is 2. The first-order valence-corrected chi connectivity index (χ1v) is 3.63. The van der Waals surface area contributed by atoms with E-state index in [2.05, 4.69) is 0 Å². The minimum absolute atomic E-state index is 0.0746. The van der Waals surface area contributed by atoms with Crippen LogP contribution < -0.4 is 0 Å². The van der Waals surface area contributed by atoms with Gasteiger partial charge in [0.1, 0.15) is 0 Å². The maximum absolute atomic E-state index is 10.4. The summed E-state index contributed by atoms with van der Waals surface area (Å²) < 4.78 is 0. The van der Waals surface area contributed by atoms with Crippen molar-refractivity contribution in [3.63, 3.8) is 0 Å². The van der Waals surface area contributed by atoms with Gasteiger partial charge >= 0.3 is 11.9 Å². The molecule has 0 bridgehead atoms. The summed E-state index contributed by atoms with van der Waals surface area (Å²) in [5, 5.41) is 25.2. The fourth-order valence-electron chi connectivity index (χ4n) is 0.845. The number of aliphatic hydroxyl groups excluding tert-OH is 1. The Morgan fingerprint density at radius 2 is 1.75 bits per heavy atom. The van der Waals surface area contributed by atoms with Crippen LogP contribution in [0.4, 0.5) is 0 Å². The van der Waals surface area contributed by atoms with Gasteiger partial charge in [-0.2, -0.15) is 0 Å². The third-order valence-corrected chi connectivity index (χ3v) is 1.53. The van der Waals surface area contributed by atoms with Crippen LogP contribution >= 0.6 is 0 Å². The van der Waals surface area contributed by atoms with Crippen LogP contribution in [-0.2, 0) is 9.59 Å². The second kappa shape index (κ2) is 5.54. The quantitative estimate of drug-likeness (QED) is 0.526. The van der Waals surface area contributed by atoms with Gasteiger partial charge in [-0.3, -0.25) is 9.59 Å². The maximum Gasteiger partial charge on any atom is 0.306 e. The molecule has 0 saturated carbocycles. The van der Waals surface area contributed by atoms with Crippen molar-refractivity contribution >= 4 is 11.9 Å². The summed E-state index contributed by atoms with van der Waals surface area (Å²) >= 11 is 0. The molecule has 70 valence electrons. The maximum atomic E-state index is 10.4. The van der Waals surface area contributed by atoms with Crippen molar-refractivity contribution in [1.82, 2.24) is 0 Å². The first-order valence-electron chi connectivity index (χ1n) is 3.63. The third-order valence-electron chi connectivity index (χ3n) is 1.53. The normalized spacial score (nSPS) is 12.4. The van der Waals surface area contributed by atoms with Gasteiger partial charge in [0, 0.05) is 13.0 Å². The predicted molar refractivity (Wildman–Crippen MR) is 39.7 cm³/mol. The van der Waals surface area contributed by atoms with E-state index < -0.39 is 17.9 Å². The van der Waals surface area contributed by atoms with Crippen molar-refractivity contribution in [3.8, 4) is 0 Å². The third kappa shape index (κ3) is 4.68. The highest BCUT2D eigenvalue weighted by Crippen LogP contribution is 2.10. The molecular formula is C7H12O5. The molecule has 1 unspecified atom stereocenters. The van der Waals surface area contributed by atoms with Gasteiger partial charge in [0.2, 0.25) is 0 Å². The van der Waals surface area contributed by atoms with Gasteiger partial charge in [-0.1, -0.05) is 0 Å². The van der Waals surface area contributed by atoms with Crippen LogP contribution in [0.5, 0.6) is 0 Å². The average molecular weight is 176 g/mol. The molecule has 0 aliphatic carbocycles.